The van der Waals surface area contributed by atoms with Crippen molar-refractivity contribution < 1.29 is 14.7 Å². The number of aryl methyl sites for hydroxylation is 1. The van der Waals surface area contributed by atoms with E-state index in [1.54, 1.807) is 6.07 Å². The first kappa shape index (κ1) is 15.0. The van der Waals surface area contributed by atoms with Gasteiger partial charge in [-0.1, -0.05) is 0 Å². The van der Waals surface area contributed by atoms with Crippen LogP contribution in [0.1, 0.15) is 33.8 Å². The fourth-order valence-electron chi connectivity index (χ4n) is 2.08. The molecule has 1 aliphatic rings. The number of hydrogen-bond acceptors (Lipinski definition) is 4. The molecule has 2 rings (SSSR count). The SMILES string of the molecule is Cc1ccc(C(=O)NCC(=O)NCC2(CCO)CC2)s1. The molecule has 110 valence electrons. The highest BCUT2D eigenvalue weighted by Crippen LogP contribution is 2.47. The standard InChI is InChI=1S/C14H20N2O3S/c1-10-2-3-11(20-10)13(19)15-8-12(18)16-9-14(4-5-14)6-7-17/h2-3,17H,4-9H2,1H3,(H,15,19)(H,16,18). The van der Waals surface area contributed by atoms with Gasteiger partial charge in [0.1, 0.15) is 0 Å². The number of rotatable bonds is 7. The van der Waals surface area contributed by atoms with E-state index >= 15 is 0 Å². The van der Waals surface area contributed by atoms with Crippen molar-refractivity contribution in [2.75, 3.05) is 19.7 Å². The highest BCUT2D eigenvalue weighted by Gasteiger charge is 2.41. The molecule has 0 saturated heterocycles. The molecule has 1 heterocycles. The first-order chi connectivity index (χ1) is 9.54. The van der Waals surface area contributed by atoms with Gasteiger partial charge in [-0.25, -0.2) is 0 Å². The lowest BCUT2D eigenvalue weighted by atomic mass is 10.0. The largest absolute Gasteiger partial charge is 0.396 e. The van der Waals surface area contributed by atoms with Gasteiger partial charge in [0, 0.05) is 18.0 Å². The molecule has 1 aromatic heterocycles. The van der Waals surface area contributed by atoms with Crippen molar-refractivity contribution in [2.45, 2.75) is 26.2 Å². The van der Waals surface area contributed by atoms with Gasteiger partial charge in [-0.15, -0.1) is 11.3 Å². The van der Waals surface area contributed by atoms with Crippen LogP contribution < -0.4 is 10.6 Å². The smallest absolute Gasteiger partial charge is 0.261 e. The van der Waals surface area contributed by atoms with Crippen LogP contribution in [0.4, 0.5) is 0 Å². The lowest BCUT2D eigenvalue weighted by molar-refractivity contribution is -0.120. The quantitative estimate of drug-likeness (QED) is 0.704. The molecule has 3 N–H and O–H groups in total. The number of hydrogen-bond donors (Lipinski definition) is 3. The van der Waals surface area contributed by atoms with Crippen LogP contribution in [0.3, 0.4) is 0 Å². The fourth-order valence-corrected chi connectivity index (χ4v) is 2.87. The summed E-state index contributed by atoms with van der Waals surface area (Å²) in [7, 11) is 0. The lowest BCUT2D eigenvalue weighted by Gasteiger charge is -2.14. The minimum atomic E-state index is -0.213. The Labute approximate surface area is 122 Å². The molecule has 0 bridgehead atoms. The highest BCUT2D eigenvalue weighted by atomic mass is 32.1. The zero-order valence-electron chi connectivity index (χ0n) is 11.6. The summed E-state index contributed by atoms with van der Waals surface area (Å²) in [5, 5.41) is 14.4. The second kappa shape index (κ2) is 6.37. The van der Waals surface area contributed by atoms with Crippen LogP contribution in [-0.4, -0.2) is 36.6 Å². The van der Waals surface area contributed by atoms with Crippen LogP contribution in [0.2, 0.25) is 0 Å². The number of carbonyl (C=O) groups excluding carboxylic acids is 2. The molecule has 1 aromatic rings. The first-order valence-corrected chi connectivity index (χ1v) is 7.58. The number of carbonyl (C=O) groups is 2. The van der Waals surface area contributed by atoms with E-state index in [1.807, 2.05) is 13.0 Å². The maximum absolute atomic E-state index is 11.8. The average Bonchev–Trinajstić information content (AvgIpc) is 3.05. The zero-order valence-corrected chi connectivity index (χ0v) is 12.4. The monoisotopic (exact) mass is 296 g/mol. The molecule has 20 heavy (non-hydrogen) atoms. The van der Waals surface area contributed by atoms with Crippen molar-refractivity contribution in [3.8, 4) is 0 Å². The van der Waals surface area contributed by atoms with Gasteiger partial charge in [0.15, 0.2) is 0 Å². The summed E-state index contributed by atoms with van der Waals surface area (Å²) in [4.78, 5) is 25.1. The van der Waals surface area contributed by atoms with E-state index in [1.165, 1.54) is 11.3 Å². The molecule has 0 aromatic carbocycles. The summed E-state index contributed by atoms with van der Waals surface area (Å²) in [6, 6.07) is 3.64. The first-order valence-electron chi connectivity index (χ1n) is 6.77. The zero-order chi connectivity index (χ0) is 14.6. The van der Waals surface area contributed by atoms with Crippen LogP contribution in [-0.2, 0) is 4.79 Å². The van der Waals surface area contributed by atoms with Crippen molar-refractivity contribution in [1.29, 1.82) is 0 Å². The Morgan fingerprint density at radius 3 is 2.65 bits per heavy atom. The predicted molar refractivity (Wildman–Crippen MR) is 77.8 cm³/mol. The maximum atomic E-state index is 11.8. The third kappa shape index (κ3) is 4.05. The minimum Gasteiger partial charge on any atom is -0.396 e. The summed E-state index contributed by atoms with van der Waals surface area (Å²) < 4.78 is 0. The molecule has 5 nitrogen and oxygen atoms in total. The summed E-state index contributed by atoms with van der Waals surface area (Å²) in [5.41, 5.74) is 0.0965. The van der Waals surface area contributed by atoms with Crippen LogP contribution in [0.15, 0.2) is 12.1 Å². The molecule has 1 aliphatic carbocycles. The molecule has 6 heteroatoms. The molecule has 1 saturated carbocycles. The Hall–Kier alpha value is -1.40. The Kier molecular flexibility index (Phi) is 4.77. The number of amides is 2. The third-order valence-corrected chi connectivity index (χ3v) is 4.63. The van der Waals surface area contributed by atoms with Gasteiger partial charge in [-0.05, 0) is 43.7 Å². The summed E-state index contributed by atoms with van der Waals surface area (Å²) in [5.74, 6) is -0.398. The van der Waals surface area contributed by atoms with Crippen molar-refractivity contribution >= 4 is 23.2 Å². The van der Waals surface area contributed by atoms with Gasteiger partial charge in [0.05, 0.1) is 11.4 Å². The molecule has 0 unspecified atom stereocenters. The molecular formula is C14H20N2O3S. The van der Waals surface area contributed by atoms with Crippen molar-refractivity contribution in [1.82, 2.24) is 10.6 Å². The number of aliphatic hydroxyl groups is 1. The Bertz CT molecular complexity index is 494. The van der Waals surface area contributed by atoms with Gasteiger partial charge in [0.2, 0.25) is 5.91 Å². The number of aliphatic hydroxyl groups excluding tert-OH is 1. The Morgan fingerprint density at radius 2 is 2.10 bits per heavy atom. The maximum Gasteiger partial charge on any atom is 0.261 e. The predicted octanol–water partition coefficient (Wildman–Crippen LogP) is 1.07. The van der Waals surface area contributed by atoms with E-state index in [0.29, 0.717) is 11.4 Å². The Morgan fingerprint density at radius 1 is 1.35 bits per heavy atom. The van der Waals surface area contributed by atoms with Gasteiger partial charge in [0.25, 0.3) is 5.91 Å². The molecule has 0 atom stereocenters. The third-order valence-electron chi connectivity index (χ3n) is 3.63. The minimum absolute atomic E-state index is 0.00894. The van der Waals surface area contributed by atoms with Gasteiger partial charge >= 0.3 is 0 Å². The molecule has 2 amide bonds. The summed E-state index contributed by atoms with van der Waals surface area (Å²) >= 11 is 1.41. The highest BCUT2D eigenvalue weighted by molar-refractivity contribution is 7.13. The van der Waals surface area contributed by atoms with E-state index in [9.17, 15) is 9.59 Å². The van der Waals surface area contributed by atoms with Crippen molar-refractivity contribution in [3.05, 3.63) is 21.9 Å². The average molecular weight is 296 g/mol. The topological polar surface area (TPSA) is 78.4 Å². The van der Waals surface area contributed by atoms with Crippen LogP contribution >= 0.6 is 11.3 Å². The number of thiophene rings is 1. The van der Waals surface area contributed by atoms with E-state index in [4.69, 9.17) is 5.11 Å². The second-order valence-corrected chi connectivity index (χ2v) is 6.63. The van der Waals surface area contributed by atoms with E-state index in [-0.39, 0.29) is 30.4 Å². The Balaban J connectivity index is 1.69. The van der Waals surface area contributed by atoms with Crippen molar-refractivity contribution in [3.63, 3.8) is 0 Å². The van der Waals surface area contributed by atoms with E-state index < -0.39 is 0 Å². The van der Waals surface area contributed by atoms with Gasteiger partial charge in [-0.3, -0.25) is 9.59 Å². The second-order valence-electron chi connectivity index (χ2n) is 5.34. The summed E-state index contributed by atoms with van der Waals surface area (Å²) in [6.07, 6.45) is 2.83. The molecule has 0 aliphatic heterocycles. The van der Waals surface area contributed by atoms with Crippen LogP contribution in [0, 0.1) is 12.3 Å². The summed E-state index contributed by atoms with van der Waals surface area (Å²) in [6.45, 7) is 2.67. The van der Waals surface area contributed by atoms with Crippen molar-refractivity contribution in [2.24, 2.45) is 5.41 Å². The van der Waals surface area contributed by atoms with E-state index in [2.05, 4.69) is 10.6 Å². The molecular weight excluding hydrogens is 276 g/mol. The lowest BCUT2D eigenvalue weighted by Crippen LogP contribution is -2.39. The molecule has 0 radical (unpaired) electrons. The van der Waals surface area contributed by atoms with Gasteiger partial charge < -0.3 is 15.7 Å². The van der Waals surface area contributed by atoms with Gasteiger partial charge in [-0.2, -0.15) is 0 Å². The fraction of sp³-hybridized carbons (Fsp3) is 0.571. The van der Waals surface area contributed by atoms with E-state index in [0.717, 1.165) is 24.1 Å². The molecule has 0 spiro atoms. The number of nitrogens with one attached hydrogen (secondary N) is 2. The molecule has 1 fully saturated rings. The normalized spacial score (nSPS) is 15.7. The van der Waals surface area contributed by atoms with Crippen LogP contribution in [0.5, 0.6) is 0 Å². The van der Waals surface area contributed by atoms with Crippen LogP contribution in [0.25, 0.3) is 0 Å².